The summed E-state index contributed by atoms with van der Waals surface area (Å²) in [5.74, 6) is 2.82. The Labute approximate surface area is 144 Å². The number of nitrogens with two attached hydrogens (primary N) is 1. The van der Waals surface area contributed by atoms with Gasteiger partial charge in [0, 0.05) is 11.1 Å². The van der Waals surface area contributed by atoms with Crippen molar-refractivity contribution < 1.29 is 4.79 Å². The molecule has 3 nitrogen and oxygen atoms in total. The van der Waals surface area contributed by atoms with Crippen molar-refractivity contribution in [3.63, 3.8) is 0 Å². The van der Waals surface area contributed by atoms with Crippen molar-refractivity contribution in [2.75, 3.05) is 5.73 Å². The Morgan fingerprint density at radius 3 is 2.42 bits per heavy atom. The molecule has 4 bridgehead atoms. The molecule has 0 heterocycles. The van der Waals surface area contributed by atoms with Gasteiger partial charge in [0.05, 0.1) is 6.04 Å². The van der Waals surface area contributed by atoms with Crippen molar-refractivity contribution in [1.82, 2.24) is 5.32 Å². The molecule has 3 heteroatoms. The molecule has 24 heavy (non-hydrogen) atoms. The predicted octanol–water partition coefficient (Wildman–Crippen LogP) is 3.98. The molecule has 6 rings (SSSR count). The van der Waals surface area contributed by atoms with Crippen LogP contribution in [0.1, 0.15) is 68.5 Å². The number of aryl methyl sites for hydroxylation is 1. The lowest BCUT2D eigenvalue weighted by atomic mass is 9.49. The molecule has 1 aromatic rings. The van der Waals surface area contributed by atoms with Crippen LogP contribution in [0.4, 0.5) is 5.69 Å². The van der Waals surface area contributed by atoms with Gasteiger partial charge in [-0.1, -0.05) is 6.07 Å². The van der Waals surface area contributed by atoms with Gasteiger partial charge in [0.15, 0.2) is 0 Å². The van der Waals surface area contributed by atoms with Crippen LogP contribution in [-0.4, -0.2) is 5.91 Å². The van der Waals surface area contributed by atoms with Crippen molar-refractivity contribution in [2.24, 2.45) is 23.2 Å². The van der Waals surface area contributed by atoms with E-state index in [0.717, 1.165) is 62.0 Å². The molecule has 0 saturated heterocycles. The zero-order valence-electron chi connectivity index (χ0n) is 14.4. The zero-order valence-corrected chi connectivity index (χ0v) is 14.4. The molecule has 1 amide bonds. The smallest absolute Gasteiger partial charge is 0.226 e. The van der Waals surface area contributed by atoms with Crippen LogP contribution in [0.15, 0.2) is 18.2 Å². The van der Waals surface area contributed by atoms with Gasteiger partial charge in [-0.15, -0.1) is 0 Å². The predicted molar refractivity (Wildman–Crippen MR) is 95.3 cm³/mol. The third kappa shape index (κ3) is 2.28. The maximum Gasteiger partial charge on any atom is 0.226 e. The summed E-state index contributed by atoms with van der Waals surface area (Å²) in [5, 5.41) is 3.47. The highest BCUT2D eigenvalue weighted by atomic mass is 16.2. The van der Waals surface area contributed by atoms with E-state index in [1.807, 2.05) is 6.07 Å². The Kier molecular flexibility index (Phi) is 3.23. The summed E-state index contributed by atoms with van der Waals surface area (Å²) in [5.41, 5.74) is 9.37. The quantitative estimate of drug-likeness (QED) is 0.809. The lowest BCUT2D eigenvalue weighted by Crippen LogP contribution is -2.54. The minimum atomic E-state index is -0.0415. The van der Waals surface area contributed by atoms with Crippen LogP contribution in [0.5, 0.6) is 0 Å². The first kappa shape index (κ1) is 14.8. The van der Waals surface area contributed by atoms with Gasteiger partial charge in [-0.25, -0.2) is 0 Å². The number of amides is 1. The van der Waals surface area contributed by atoms with Gasteiger partial charge < -0.3 is 11.1 Å². The summed E-state index contributed by atoms with van der Waals surface area (Å²) >= 11 is 0. The largest absolute Gasteiger partial charge is 0.399 e. The van der Waals surface area contributed by atoms with E-state index < -0.39 is 0 Å². The molecular weight excluding hydrogens is 296 g/mol. The summed E-state index contributed by atoms with van der Waals surface area (Å²) in [4.78, 5) is 13.3. The molecule has 5 aliphatic rings. The van der Waals surface area contributed by atoms with E-state index in [4.69, 9.17) is 5.73 Å². The lowest BCUT2D eigenvalue weighted by molar-refractivity contribution is -0.147. The number of carbonyl (C=O) groups excluding carboxylic acids is 1. The van der Waals surface area contributed by atoms with Crippen molar-refractivity contribution in [3.8, 4) is 0 Å². The Morgan fingerprint density at radius 2 is 1.75 bits per heavy atom. The van der Waals surface area contributed by atoms with Gasteiger partial charge in [0.2, 0.25) is 5.91 Å². The second kappa shape index (κ2) is 5.24. The summed E-state index contributed by atoms with van der Waals surface area (Å²) in [6.45, 7) is 0. The second-order valence-corrected chi connectivity index (χ2v) is 9.07. The van der Waals surface area contributed by atoms with E-state index in [-0.39, 0.29) is 11.5 Å². The molecule has 5 aliphatic carbocycles. The third-order valence-electron chi connectivity index (χ3n) is 7.31. The molecule has 0 aliphatic heterocycles. The van der Waals surface area contributed by atoms with E-state index in [1.54, 1.807) is 0 Å². The minimum Gasteiger partial charge on any atom is -0.399 e. The second-order valence-electron chi connectivity index (χ2n) is 9.07. The van der Waals surface area contributed by atoms with Gasteiger partial charge >= 0.3 is 0 Å². The number of anilines is 1. The topological polar surface area (TPSA) is 55.1 Å². The summed E-state index contributed by atoms with van der Waals surface area (Å²) < 4.78 is 0. The van der Waals surface area contributed by atoms with Crippen molar-refractivity contribution in [1.29, 1.82) is 0 Å². The van der Waals surface area contributed by atoms with E-state index >= 15 is 0 Å². The fraction of sp³-hybridized carbons (Fsp3) is 0.667. The van der Waals surface area contributed by atoms with E-state index in [0.29, 0.717) is 5.91 Å². The van der Waals surface area contributed by atoms with Crippen LogP contribution < -0.4 is 11.1 Å². The summed E-state index contributed by atoms with van der Waals surface area (Å²) in [7, 11) is 0. The highest BCUT2D eigenvalue weighted by molar-refractivity contribution is 5.83. The number of hydrogen-bond donors (Lipinski definition) is 2. The third-order valence-corrected chi connectivity index (χ3v) is 7.31. The van der Waals surface area contributed by atoms with E-state index in [2.05, 4.69) is 17.4 Å². The Bertz CT molecular complexity index is 645. The normalized spacial score (nSPS) is 39.5. The number of benzene rings is 1. The molecule has 1 aromatic carbocycles. The van der Waals surface area contributed by atoms with Gasteiger partial charge in [-0.05, 0) is 98.8 Å². The average Bonchev–Trinajstić information content (AvgIpc) is 2.53. The Hall–Kier alpha value is -1.51. The van der Waals surface area contributed by atoms with Crippen LogP contribution in [0.3, 0.4) is 0 Å². The standard InChI is InChI=1S/C21H28N2O/c22-17-4-5-18-16(9-17)2-1-3-19(18)23-20(24)21-10-13-6-14(11-21)8-15(7-13)12-21/h4-5,9,13-15,19H,1-3,6-8,10-12,22H2,(H,23,24). The van der Waals surface area contributed by atoms with Crippen LogP contribution >= 0.6 is 0 Å². The molecule has 1 atom stereocenters. The van der Waals surface area contributed by atoms with Crippen molar-refractivity contribution in [2.45, 2.75) is 63.8 Å². The number of hydrogen-bond acceptors (Lipinski definition) is 2. The summed E-state index contributed by atoms with van der Waals surface area (Å²) in [6, 6.07) is 6.40. The van der Waals surface area contributed by atoms with Gasteiger partial charge in [-0.2, -0.15) is 0 Å². The van der Waals surface area contributed by atoms with Crippen LogP contribution in [-0.2, 0) is 11.2 Å². The molecule has 0 aromatic heterocycles. The fourth-order valence-corrected chi connectivity index (χ4v) is 6.68. The van der Waals surface area contributed by atoms with E-state index in [1.165, 1.54) is 30.4 Å². The SMILES string of the molecule is Nc1ccc2c(c1)CCCC2NC(=O)C12CC3CC(CC(C3)C1)C2. The molecular formula is C21H28N2O. The minimum absolute atomic E-state index is 0.0415. The maximum absolute atomic E-state index is 13.3. The van der Waals surface area contributed by atoms with Crippen LogP contribution in [0, 0.1) is 23.2 Å². The van der Waals surface area contributed by atoms with Gasteiger partial charge in [-0.3, -0.25) is 4.79 Å². The highest BCUT2D eigenvalue weighted by Crippen LogP contribution is 2.60. The fourth-order valence-electron chi connectivity index (χ4n) is 6.68. The monoisotopic (exact) mass is 324 g/mol. The first-order valence-corrected chi connectivity index (χ1v) is 9.80. The molecule has 3 N–H and O–H groups in total. The summed E-state index contributed by atoms with van der Waals surface area (Å²) in [6.07, 6.45) is 10.9. The first-order valence-electron chi connectivity index (χ1n) is 9.80. The first-order chi connectivity index (χ1) is 11.6. The maximum atomic E-state index is 13.3. The van der Waals surface area contributed by atoms with Crippen molar-refractivity contribution >= 4 is 11.6 Å². The van der Waals surface area contributed by atoms with Gasteiger partial charge in [0.25, 0.3) is 0 Å². The highest BCUT2D eigenvalue weighted by Gasteiger charge is 2.54. The number of rotatable bonds is 2. The zero-order chi connectivity index (χ0) is 16.3. The number of nitrogen functional groups attached to an aromatic ring is 1. The molecule has 4 saturated carbocycles. The Balaban J connectivity index is 1.38. The number of fused-ring (bicyclic) bond motifs is 1. The molecule has 1 unspecified atom stereocenters. The number of nitrogens with one attached hydrogen (secondary N) is 1. The average molecular weight is 324 g/mol. The van der Waals surface area contributed by atoms with Gasteiger partial charge in [0.1, 0.15) is 0 Å². The van der Waals surface area contributed by atoms with Crippen molar-refractivity contribution in [3.05, 3.63) is 29.3 Å². The lowest BCUT2D eigenvalue weighted by Gasteiger charge is -2.56. The molecule has 0 spiro atoms. The van der Waals surface area contributed by atoms with E-state index in [9.17, 15) is 4.79 Å². The number of carbonyl (C=O) groups is 1. The molecule has 4 fully saturated rings. The molecule has 128 valence electrons. The molecule has 0 radical (unpaired) electrons. The Morgan fingerprint density at radius 1 is 1.08 bits per heavy atom. The van der Waals surface area contributed by atoms with Crippen LogP contribution in [0.2, 0.25) is 0 Å². The van der Waals surface area contributed by atoms with Crippen LogP contribution in [0.25, 0.3) is 0 Å².